The number of aromatic nitrogens is 3. The summed E-state index contributed by atoms with van der Waals surface area (Å²) in [5, 5.41) is 4.50. The smallest absolute Gasteiger partial charge is 0.222 e. The van der Waals surface area contributed by atoms with Gasteiger partial charge in [0.25, 0.3) is 0 Å². The highest BCUT2D eigenvalue weighted by Gasteiger charge is 2.20. The van der Waals surface area contributed by atoms with Crippen molar-refractivity contribution in [1.29, 1.82) is 0 Å². The Balaban J connectivity index is 1.49. The fourth-order valence-corrected chi connectivity index (χ4v) is 3.33. The Hall–Kier alpha value is -2.40. The van der Waals surface area contributed by atoms with Crippen molar-refractivity contribution < 1.29 is 0 Å². The highest BCUT2D eigenvalue weighted by atomic mass is 15.1. The topological polar surface area (TPSA) is 56.8 Å². The summed E-state index contributed by atoms with van der Waals surface area (Å²) in [5.74, 6) is 0.702. The fraction of sp³-hybridized carbons (Fsp3) is 0.333. The third-order valence-corrected chi connectivity index (χ3v) is 4.41. The van der Waals surface area contributed by atoms with Gasteiger partial charge in [0.15, 0.2) is 0 Å². The SMILES string of the molecule is CCNc1ncc(CN2CCc3c([nH]c4ccccc34)C2)cn1. The van der Waals surface area contributed by atoms with Crippen LogP contribution < -0.4 is 5.32 Å². The minimum absolute atomic E-state index is 0.702. The summed E-state index contributed by atoms with van der Waals surface area (Å²) in [6.45, 7) is 5.81. The van der Waals surface area contributed by atoms with Gasteiger partial charge in [-0.2, -0.15) is 0 Å². The van der Waals surface area contributed by atoms with E-state index in [4.69, 9.17) is 0 Å². The average molecular weight is 307 g/mol. The highest BCUT2D eigenvalue weighted by molar-refractivity contribution is 5.84. The van der Waals surface area contributed by atoms with Crippen molar-refractivity contribution >= 4 is 16.9 Å². The minimum Gasteiger partial charge on any atom is -0.357 e. The lowest BCUT2D eigenvalue weighted by Crippen LogP contribution is -2.30. The van der Waals surface area contributed by atoms with E-state index in [1.54, 1.807) is 0 Å². The maximum absolute atomic E-state index is 4.36. The number of H-pyrrole nitrogens is 1. The number of benzene rings is 1. The van der Waals surface area contributed by atoms with E-state index < -0.39 is 0 Å². The molecule has 1 aromatic carbocycles. The van der Waals surface area contributed by atoms with E-state index in [-0.39, 0.29) is 0 Å². The third kappa shape index (κ3) is 2.80. The van der Waals surface area contributed by atoms with E-state index in [1.807, 2.05) is 19.3 Å². The molecule has 23 heavy (non-hydrogen) atoms. The van der Waals surface area contributed by atoms with Crippen LogP contribution in [0.2, 0.25) is 0 Å². The van der Waals surface area contributed by atoms with Gasteiger partial charge in [0.1, 0.15) is 0 Å². The summed E-state index contributed by atoms with van der Waals surface area (Å²) in [5.41, 5.74) is 5.24. The highest BCUT2D eigenvalue weighted by Crippen LogP contribution is 2.27. The Morgan fingerprint density at radius 1 is 1.22 bits per heavy atom. The van der Waals surface area contributed by atoms with Gasteiger partial charge in [-0.15, -0.1) is 0 Å². The molecule has 0 aliphatic carbocycles. The Morgan fingerprint density at radius 3 is 2.87 bits per heavy atom. The Morgan fingerprint density at radius 2 is 2.04 bits per heavy atom. The van der Waals surface area contributed by atoms with E-state index in [9.17, 15) is 0 Å². The molecule has 2 N–H and O–H groups in total. The Labute approximate surface area is 135 Å². The number of hydrogen-bond donors (Lipinski definition) is 2. The molecule has 0 fully saturated rings. The summed E-state index contributed by atoms with van der Waals surface area (Å²) in [6.07, 6.45) is 4.94. The standard InChI is InChI=1S/C18H21N5/c1-2-19-18-20-9-13(10-21-18)11-23-8-7-15-14-5-3-4-6-16(14)22-17(15)12-23/h3-6,9-10,22H,2,7-8,11-12H2,1H3,(H,19,20,21). The lowest BCUT2D eigenvalue weighted by Gasteiger charge is -2.26. The van der Waals surface area contributed by atoms with Crippen LogP contribution in [-0.2, 0) is 19.5 Å². The van der Waals surface area contributed by atoms with Crippen LogP contribution in [0.15, 0.2) is 36.7 Å². The van der Waals surface area contributed by atoms with Gasteiger partial charge in [-0.1, -0.05) is 18.2 Å². The first-order valence-electron chi connectivity index (χ1n) is 8.19. The number of nitrogens with zero attached hydrogens (tertiary/aromatic N) is 3. The first-order chi connectivity index (χ1) is 11.3. The van der Waals surface area contributed by atoms with Crippen molar-refractivity contribution in [3.8, 4) is 0 Å². The molecular formula is C18H21N5. The molecule has 0 atom stereocenters. The second kappa shape index (κ2) is 6.01. The molecule has 1 aliphatic heterocycles. The van der Waals surface area contributed by atoms with Gasteiger partial charge in [0, 0.05) is 60.7 Å². The predicted octanol–water partition coefficient (Wildman–Crippen LogP) is 2.95. The number of fused-ring (bicyclic) bond motifs is 3. The van der Waals surface area contributed by atoms with E-state index in [1.165, 1.54) is 22.2 Å². The van der Waals surface area contributed by atoms with Crippen LogP contribution in [0, 0.1) is 0 Å². The monoisotopic (exact) mass is 307 g/mol. The molecule has 3 heterocycles. The lowest BCUT2D eigenvalue weighted by atomic mass is 10.0. The van der Waals surface area contributed by atoms with Crippen LogP contribution in [0.5, 0.6) is 0 Å². The summed E-state index contributed by atoms with van der Waals surface area (Å²) < 4.78 is 0. The number of aromatic amines is 1. The van der Waals surface area contributed by atoms with Gasteiger partial charge in [-0.25, -0.2) is 9.97 Å². The van der Waals surface area contributed by atoms with Crippen LogP contribution in [-0.4, -0.2) is 32.9 Å². The van der Waals surface area contributed by atoms with Crippen molar-refractivity contribution in [2.24, 2.45) is 0 Å². The normalized spacial score (nSPS) is 14.8. The summed E-state index contributed by atoms with van der Waals surface area (Å²) in [7, 11) is 0. The fourth-order valence-electron chi connectivity index (χ4n) is 3.33. The quantitative estimate of drug-likeness (QED) is 0.778. The van der Waals surface area contributed by atoms with Crippen LogP contribution in [0.1, 0.15) is 23.7 Å². The maximum Gasteiger partial charge on any atom is 0.222 e. The van der Waals surface area contributed by atoms with Gasteiger partial charge in [-0.3, -0.25) is 4.90 Å². The van der Waals surface area contributed by atoms with Crippen molar-refractivity contribution in [2.45, 2.75) is 26.4 Å². The number of anilines is 1. The molecule has 1 aliphatic rings. The van der Waals surface area contributed by atoms with Crippen LogP contribution in [0.3, 0.4) is 0 Å². The van der Waals surface area contributed by atoms with Crippen molar-refractivity contribution in [3.63, 3.8) is 0 Å². The molecular weight excluding hydrogens is 286 g/mol. The van der Waals surface area contributed by atoms with Gasteiger partial charge in [0.2, 0.25) is 5.95 Å². The zero-order valence-corrected chi connectivity index (χ0v) is 13.3. The molecule has 2 aromatic heterocycles. The van der Waals surface area contributed by atoms with E-state index in [2.05, 4.69) is 49.4 Å². The molecule has 5 heteroatoms. The summed E-state index contributed by atoms with van der Waals surface area (Å²) in [6, 6.07) is 8.58. The first-order valence-corrected chi connectivity index (χ1v) is 8.19. The van der Waals surface area contributed by atoms with Crippen LogP contribution >= 0.6 is 0 Å². The third-order valence-electron chi connectivity index (χ3n) is 4.41. The molecule has 5 nitrogen and oxygen atoms in total. The predicted molar refractivity (Wildman–Crippen MR) is 92.3 cm³/mol. The van der Waals surface area contributed by atoms with Crippen LogP contribution in [0.4, 0.5) is 5.95 Å². The molecule has 0 spiro atoms. The Kier molecular flexibility index (Phi) is 3.71. The van der Waals surface area contributed by atoms with E-state index in [0.29, 0.717) is 5.95 Å². The zero-order chi connectivity index (χ0) is 15.6. The summed E-state index contributed by atoms with van der Waals surface area (Å²) >= 11 is 0. The second-order valence-electron chi connectivity index (χ2n) is 6.03. The average Bonchev–Trinajstić information content (AvgIpc) is 2.94. The summed E-state index contributed by atoms with van der Waals surface area (Å²) in [4.78, 5) is 14.7. The Bertz CT molecular complexity index is 806. The van der Waals surface area contributed by atoms with Gasteiger partial charge >= 0.3 is 0 Å². The molecule has 0 amide bonds. The lowest BCUT2D eigenvalue weighted by molar-refractivity contribution is 0.243. The minimum atomic E-state index is 0.702. The number of rotatable bonds is 4. The largest absolute Gasteiger partial charge is 0.357 e. The molecule has 0 saturated carbocycles. The molecule has 118 valence electrons. The second-order valence-corrected chi connectivity index (χ2v) is 6.03. The van der Waals surface area contributed by atoms with Crippen molar-refractivity contribution in [1.82, 2.24) is 19.9 Å². The van der Waals surface area contributed by atoms with Crippen molar-refractivity contribution in [3.05, 3.63) is 53.5 Å². The van der Waals surface area contributed by atoms with Gasteiger partial charge in [0.05, 0.1) is 0 Å². The van der Waals surface area contributed by atoms with Crippen molar-refractivity contribution in [2.75, 3.05) is 18.4 Å². The number of para-hydroxylation sites is 1. The first kappa shape index (κ1) is 14.2. The van der Waals surface area contributed by atoms with E-state index >= 15 is 0 Å². The van der Waals surface area contributed by atoms with Crippen LogP contribution in [0.25, 0.3) is 10.9 Å². The van der Waals surface area contributed by atoms with Gasteiger partial charge < -0.3 is 10.3 Å². The maximum atomic E-state index is 4.36. The number of nitrogens with one attached hydrogen (secondary N) is 2. The molecule has 3 aromatic rings. The molecule has 0 radical (unpaired) electrons. The van der Waals surface area contributed by atoms with E-state index in [0.717, 1.165) is 38.2 Å². The molecule has 0 saturated heterocycles. The number of hydrogen-bond acceptors (Lipinski definition) is 4. The zero-order valence-electron chi connectivity index (χ0n) is 13.3. The molecule has 0 unspecified atom stereocenters. The molecule has 0 bridgehead atoms. The molecule has 4 rings (SSSR count). The van der Waals surface area contributed by atoms with Gasteiger partial charge in [-0.05, 0) is 25.0 Å².